The molecule has 1 fully saturated rings. The van der Waals surface area contributed by atoms with Crippen LogP contribution in [0.2, 0.25) is 0 Å². The number of para-hydroxylation sites is 1. The van der Waals surface area contributed by atoms with Gasteiger partial charge in [0.2, 0.25) is 0 Å². The van der Waals surface area contributed by atoms with Crippen LogP contribution in [0.15, 0.2) is 54.6 Å². The van der Waals surface area contributed by atoms with Gasteiger partial charge >= 0.3 is 0 Å². The van der Waals surface area contributed by atoms with Gasteiger partial charge in [0.15, 0.2) is 0 Å². The summed E-state index contributed by atoms with van der Waals surface area (Å²) in [6, 6.07) is 18.1. The summed E-state index contributed by atoms with van der Waals surface area (Å²) in [6.07, 6.45) is 2.59. The van der Waals surface area contributed by atoms with E-state index in [0.717, 1.165) is 49.2 Å². The maximum atomic E-state index is 12.5. The number of amides is 1. The summed E-state index contributed by atoms with van der Waals surface area (Å²) in [5.74, 6) is 0.135. The Labute approximate surface area is 156 Å². The summed E-state index contributed by atoms with van der Waals surface area (Å²) in [7, 11) is 0. The van der Waals surface area contributed by atoms with Crippen LogP contribution in [-0.2, 0) is 6.54 Å². The monoisotopic (exact) mass is 352 g/mol. The zero-order valence-corrected chi connectivity index (χ0v) is 15.5. The van der Waals surface area contributed by atoms with Crippen LogP contribution in [-0.4, -0.2) is 41.7 Å². The van der Waals surface area contributed by atoms with Crippen LogP contribution in [0.25, 0.3) is 0 Å². The van der Waals surface area contributed by atoms with Gasteiger partial charge in [-0.25, -0.2) is 0 Å². The molecular formula is C22H28N2O2. The molecule has 4 heteroatoms. The van der Waals surface area contributed by atoms with E-state index in [4.69, 9.17) is 0 Å². The molecule has 0 aliphatic carbocycles. The zero-order chi connectivity index (χ0) is 18.4. The number of hydrogen-bond donors (Lipinski definition) is 1. The van der Waals surface area contributed by atoms with Crippen molar-refractivity contribution in [2.75, 3.05) is 24.5 Å². The molecule has 0 aromatic heterocycles. The van der Waals surface area contributed by atoms with Gasteiger partial charge in [-0.3, -0.25) is 4.79 Å². The van der Waals surface area contributed by atoms with Crippen LogP contribution in [0.3, 0.4) is 0 Å². The smallest absolute Gasteiger partial charge is 0.253 e. The zero-order valence-electron chi connectivity index (χ0n) is 15.5. The number of aliphatic hydroxyl groups excluding tert-OH is 1. The molecule has 1 N–H and O–H groups in total. The van der Waals surface area contributed by atoms with E-state index in [2.05, 4.69) is 17.0 Å². The third kappa shape index (κ3) is 4.64. The number of rotatable bonds is 7. The van der Waals surface area contributed by atoms with Gasteiger partial charge in [-0.2, -0.15) is 0 Å². The van der Waals surface area contributed by atoms with Crippen molar-refractivity contribution in [3.8, 4) is 0 Å². The molecule has 4 nitrogen and oxygen atoms in total. The summed E-state index contributed by atoms with van der Waals surface area (Å²) in [6.45, 7) is 5.04. The van der Waals surface area contributed by atoms with Crippen molar-refractivity contribution in [2.24, 2.45) is 0 Å². The fourth-order valence-electron chi connectivity index (χ4n) is 3.36. The summed E-state index contributed by atoms with van der Waals surface area (Å²) in [5, 5.41) is 10.1. The Bertz CT molecular complexity index is 694. The second kappa shape index (κ2) is 8.86. The Morgan fingerprint density at radius 3 is 2.35 bits per heavy atom. The Kier molecular flexibility index (Phi) is 6.29. The van der Waals surface area contributed by atoms with Crippen LogP contribution in [0.4, 0.5) is 5.69 Å². The first kappa shape index (κ1) is 18.5. The van der Waals surface area contributed by atoms with Crippen molar-refractivity contribution in [1.29, 1.82) is 0 Å². The minimum atomic E-state index is -0.355. The SMILES string of the molecule is CCC(O)CN(Cc1ccc(C(=O)N2CCCC2)cc1)c1ccccc1. The van der Waals surface area contributed by atoms with E-state index in [-0.39, 0.29) is 12.0 Å². The standard InChI is InChI=1S/C22H28N2O2/c1-2-21(25)17-24(20-8-4-3-5-9-20)16-18-10-12-19(13-11-18)22(26)23-14-6-7-15-23/h3-5,8-13,21,25H,2,6-7,14-17H2,1H3. The maximum Gasteiger partial charge on any atom is 0.253 e. The predicted molar refractivity (Wildman–Crippen MR) is 105 cm³/mol. The van der Waals surface area contributed by atoms with Crippen LogP contribution in [0.1, 0.15) is 42.1 Å². The van der Waals surface area contributed by atoms with Crippen LogP contribution < -0.4 is 4.90 Å². The minimum absolute atomic E-state index is 0.135. The largest absolute Gasteiger partial charge is 0.391 e. The Hall–Kier alpha value is -2.33. The second-order valence-electron chi connectivity index (χ2n) is 6.97. The lowest BCUT2D eigenvalue weighted by Gasteiger charge is -2.27. The van der Waals surface area contributed by atoms with Gasteiger partial charge in [-0.1, -0.05) is 37.3 Å². The molecule has 0 saturated carbocycles. The molecule has 1 saturated heterocycles. The summed E-state index contributed by atoms with van der Waals surface area (Å²) in [5.41, 5.74) is 2.99. The van der Waals surface area contributed by atoms with Crippen molar-refractivity contribution in [3.63, 3.8) is 0 Å². The number of hydrogen-bond acceptors (Lipinski definition) is 3. The van der Waals surface area contributed by atoms with Gasteiger partial charge in [-0.15, -0.1) is 0 Å². The average molecular weight is 352 g/mol. The Morgan fingerprint density at radius 2 is 1.73 bits per heavy atom. The van der Waals surface area contributed by atoms with E-state index in [0.29, 0.717) is 13.1 Å². The highest BCUT2D eigenvalue weighted by Crippen LogP contribution is 2.19. The third-order valence-electron chi connectivity index (χ3n) is 4.99. The molecule has 0 bridgehead atoms. The average Bonchev–Trinajstić information content (AvgIpc) is 3.23. The van der Waals surface area contributed by atoms with Crippen molar-refractivity contribution in [2.45, 2.75) is 38.8 Å². The van der Waals surface area contributed by atoms with E-state index in [9.17, 15) is 9.90 Å². The molecule has 26 heavy (non-hydrogen) atoms. The van der Waals surface area contributed by atoms with Gasteiger partial charge < -0.3 is 14.9 Å². The molecule has 0 spiro atoms. The quantitative estimate of drug-likeness (QED) is 0.826. The fraction of sp³-hybridized carbons (Fsp3) is 0.409. The Balaban J connectivity index is 1.71. The molecule has 1 aliphatic heterocycles. The number of nitrogens with zero attached hydrogens (tertiary/aromatic N) is 2. The fourth-order valence-corrected chi connectivity index (χ4v) is 3.36. The Morgan fingerprint density at radius 1 is 1.08 bits per heavy atom. The first-order valence-corrected chi connectivity index (χ1v) is 9.53. The van der Waals surface area contributed by atoms with Crippen molar-refractivity contribution < 1.29 is 9.90 Å². The van der Waals surface area contributed by atoms with E-state index in [1.165, 1.54) is 0 Å². The minimum Gasteiger partial charge on any atom is -0.391 e. The summed E-state index contributed by atoms with van der Waals surface area (Å²) >= 11 is 0. The van der Waals surface area contributed by atoms with E-state index >= 15 is 0 Å². The first-order valence-electron chi connectivity index (χ1n) is 9.53. The normalized spacial score (nSPS) is 15.1. The third-order valence-corrected chi connectivity index (χ3v) is 4.99. The number of aliphatic hydroxyl groups is 1. The molecule has 1 aliphatic rings. The number of carbonyl (C=O) groups excluding carboxylic acids is 1. The summed E-state index contributed by atoms with van der Waals surface area (Å²) < 4.78 is 0. The topological polar surface area (TPSA) is 43.8 Å². The molecule has 138 valence electrons. The predicted octanol–water partition coefficient (Wildman–Crippen LogP) is 3.70. The molecular weight excluding hydrogens is 324 g/mol. The molecule has 2 aromatic rings. The number of likely N-dealkylation sites (tertiary alicyclic amines) is 1. The number of carbonyl (C=O) groups is 1. The number of anilines is 1. The van der Waals surface area contributed by atoms with E-state index in [1.54, 1.807) is 0 Å². The molecule has 3 rings (SSSR count). The highest BCUT2D eigenvalue weighted by Gasteiger charge is 2.19. The van der Waals surface area contributed by atoms with Gasteiger partial charge in [-0.05, 0) is 49.1 Å². The van der Waals surface area contributed by atoms with Crippen LogP contribution in [0, 0.1) is 0 Å². The van der Waals surface area contributed by atoms with Crippen LogP contribution in [0.5, 0.6) is 0 Å². The molecule has 1 amide bonds. The molecule has 1 unspecified atom stereocenters. The number of benzene rings is 2. The molecule has 2 aromatic carbocycles. The van der Waals surface area contributed by atoms with Gasteiger partial charge in [0, 0.05) is 37.4 Å². The van der Waals surface area contributed by atoms with Gasteiger partial charge in [0.05, 0.1) is 6.10 Å². The van der Waals surface area contributed by atoms with Gasteiger partial charge in [0.25, 0.3) is 5.91 Å². The van der Waals surface area contributed by atoms with E-state index < -0.39 is 0 Å². The van der Waals surface area contributed by atoms with Gasteiger partial charge in [0.1, 0.15) is 0 Å². The summed E-state index contributed by atoms with van der Waals surface area (Å²) in [4.78, 5) is 16.6. The highest BCUT2D eigenvalue weighted by molar-refractivity contribution is 5.94. The highest BCUT2D eigenvalue weighted by atomic mass is 16.3. The maximum absolute atomic E-state index is 12.5. The molecule has 1 atom stereocenters. The van der Waals surface area contributed by atoms with Crippen molar-refractivity contribution >= 4 is 11.6 Å². The van der Waals surface area contributed by atoms with Crippen LogP contribution >= 0.6 is 0 Å². The first-order chi connectivity index (χ1) is 12.7. The lowest BCUT2D eigenvalue weighted by molar-refractivity contribution is 0.0793. The lowest BCUT2D eigenvalue weighted by Crippen LogP contribution is -2.31. The van der Waals surface area contributed by atoms with Crippen molar-refractivity contribution in [3.05, 3.63) is 65.7 Å². The second-order valence-corrected chi connectivity index (χ2v) is 6.97. The molecule has 1 heterocycles. The van der Waals surface area contributed by atoms with E-state index in [1.807, 2.05) is 54.3 Å². The van der Waals surface area contributed by atoms with Crippen molar-refractivity contribution in [1.82, 2.24) is 4.90 Å². The molecule has 0 radical (unpaired) electrons. The lowest BCUT2D eigenvalue weighted by atomic mass is 10.1.